The second kappa shape index (κ2) is 4.08. The van der Waals surface area contributed by atoms with Crippen molar-refractivity contribution in [3.63, 3.8) is 0 Å². The molecule has 1 fully saturated rings. The van der Waals surface area contributed by atoms with Crippen LogP contribution in [-0.4, -0.2) is 26.1 Å². The van der Waals surface area contributed by atoms with Crippen molar-refractivity contribution in [3.8, 4) is 0 Å². The first-order chi connectivity index (χ1) is 8.66. The van der Waals surface area contributed by atoms with Crippen LogP contribution in [0, 0.1) is 5.92 Å². The Morgan fingerprint density at radius 3 is 2.94 bits per heavy atom. The van der Waals surface area contributed by atoms with Crippen LogP contribution in [0.5, 0.6) is 0 Å². The van der Waals surface area contributed by atoms with Gasteiger partial charge >= 0.3 is 5.97 Å². The zero-order chi connectivity index (χ0) is 12.7. The van der Waals surface area contributed by atoms with Gasteiger partial charge in [-0.1, -0.05) is 18.6 Å². The molecule has 0 saturated heterocycles. The first-order valence-corrected chi connectivity index (χ1v) is 6.25. The Bertz CT molecular complexity index is 605. The molecule has 94 valence electrons. The fraction of sp³-hybridized carbons (Fsp3) is 0.462. The third-order valence-corrected chi connectivity index (χ3v) is 3.85. The van der Waals surface area contributed by atoms with Crippen LogP contribution in [0.15, 0.2) is 18.2 Å². The number of rotatable bonds is 2. The highest BCUT2D eigenvalue weighted by atomic mass is 16.4. The molecule has 5 heteroatoms. The number of fused-ring (bicyclic) bond motifs is 1. The highest BCUT2D eigenvalue weighted by Gasteiger charge is 2.27. The molecule has 1 aromatic heterocycles. The summed E-state index contributed by atoms with van der Waals surface area (Å²) in [6.45, 7) is 2.23. The normalized spacial score (nSPS) is 23.6. The van der Waals surface area contributed by atoms with Gasteiger partial charge < -0.3 is 5.11 Å². The van der Waals surface area contributed by atoms with E-state index in [1.807, 2.05) is 10.7 Å². The van der Waals surface area contributed by atoms with Gasteiger partial charge in [0, 0.05) is 0 Å². The van der Waals surface area contributed by atoms with Crippen LogP contribution in [0.3, 0.4) is 0 Å². The minimum Gasteiger partial charge on any atom is -0.478 e. The Labute approximate surface area is 104 Å². The van der Waals surface area contributed by atoms with E-state index >= 15 is 0 Å². The van der Waals surface area contributed by atoms with Gasteiger partial charge in [0.2, 0.25) is 0 Å². The highest BCUT2D eigenvalue weighted by molar-refractivity contribution is 5.92. The average Bonchev–Trinajstić information content (AvgIpc) is 2.93. The summed E-state index contributed by atoms with van der Waals surface area (Å²) in [5.41, 5.74) is 1.85. The maximum Gasteiger partial charge on any atom is 0.335 e. The topological polar surface area (TPSA) is 68.0 Å². The molecule has 0 amide bonds. The van der Waals surface area contributed by atoms with Crippen molar-refractivity contribution in [2.45, 2.75) is 32.2 Å². The van der Waals surface area contributed by atoms with Crippen LogP contribution >= 0.6 is 0 Å². The molecule has 1 N–H and O–H groups in total. The standard InChI is InChI=1S/C13H15N3O2/c1-8-3-2-4-11(8)16-12-6-5-9(13(17)18)7-10(12)14-15-16/h5-8,11H,2-4H2,1H3,(H,17,18). The lowest BCUT2D eigenvalue weighted by molar-refractivity contribution is 0.0697. The number of carboxylic acids is 1. The molecule has 0 radical (unpaired) electrons. The molecule has 2 atom stereocenters. The molecule has 1 aliphatic carbocycles. The van der Waals surface area contributed by atoms with E-state index in [4.69, 9.17) is 5.11 Å². The molecular weight excluding hydrogens is 230 g/mol. The zero-order valence-electron chi connectivity index (χ0n) is 10.2. The molecule has 1 aliphatic rings. The number of benzene rings is 1. The van der Waals surface area contributed by atoms with Crippen molar-refractivity contribution in [2.75, 3.05) is 0 Å². The van der Waals surface area contributed by atoms with E-state index in [0.29, 0.717) is 17.5 Å². The van der Waals surface area contributed by atoms with Gasteiger partial charge in [-0.05, 0) is 37.0 Å². The SMILES string of the molecule is CC1CCCC1n1nnc2cc(C(=O)O)ccc21. The van der Waals surface area contributed by atoms with Gasteiger partial charge in [-0.3, -0.25) is 0 Å². The Morgan fingerprint density at radius 1 is 1.44 bits per heavy atom. The molecule has 1 heterocycles. The smallest absolute Gasteiger partial charge is 0.335 e. The van der Waals surface area contributed by atoms with Gasteiger partial charge in [0.25, 0.3) is 0 Å². The van der Waals surface area contributed by atoms with E-state index in [1.165, 1.54) is 12.8 Å². The van der Waals surface area contributed by atoms with Crippen LogP contribution in [0.25, 0.3) is 11.0 Å². The number of aromatic carboxylic acids is 1. The summed E-state index contributed by atoms with van der Waals surface area (Å²) in [5.74, 6) is -0.324. The lowest BCUT2D eigenvalue weighted by atomic mass is 10.1. The number of hydrogen-bond acceptors (Lipinski definition) is 3. The van der Waals surface area contributed by atoms with E-state index in [-0.39, 0.29) is 5.56 Å². The summed E-state index contributed by atoms with van der Waals surface area (Å²) in [6, 6.07) is 5.40. The van der Waals surface area contributed by atoms with Crippen LogP contribution in [0.4, 0.5) is 0 Å². The van der Waals surface area contributed by atoms with E-state index in [0.717, 1.165) is 11.9 Å². The van der Waals surface area contributed by atoms with E-state index < -0.39 is 5.97 Å². The Balaban J connectivity index is 2.07. The van der Waals surface area contributed by atoms with Gasteiger partial charge in [0.15, 0.2) is 0 Å². The van der Waals surface area contributed by atoms with Crippen LogP contribution in [-0.2, 0) is 0 Å². The van der Waals surface area contributed by atoms with Gasteiger partial charge in [-0.2, -0.15) is 0 Å². The number of nitrogens with zero attached hydrogens (tertiary/aromatic N) is 3. The highest BCUT2D eigenvalue weighted by Crippen LogP contribution is 2.36. The molecule has 0 bridgehead atoms. The Hall–Kier alpha value is -1.91. The summed E-state index contributed by atoms with van der Waals surface area (Å²) in [6.07, 6.45) is 3.57. The Morgan fingerprint density at radius 2 is 2.28 bits per heavy atom. The molecule has 0 spiro atoms. The average molecular weight is 245 g/mol. The third-order valence-electron chi connectivity index (χ3n) is 3.85. The summed E-state index contributed by atoms with van der Waals surface area (Å²) < 4.78 is 1.96. The number of aromatic nitrogens is 3. The zero-order valence-corrected chi connectivity index (χ0v) is 10.2. The molecule has 1 saturated carbocycles. The van der Waals surface area contributed by atoms with Crippen molar-refractivity contribution in [2.24, 2.45) is 5.92 Å². The van der Waals surface area contributed by atoms with Crippen molar-refractivity contribution >= 4 is 17.0 Å². The summed E-state index contributed by atoms with van der Waals surface area (Å²) in [5, 5.41) is 17.2. The lowest BCUT2D eigenvalue weighted by Crippen LogP contribution is -2.13. The maximum absolute atomic E-state index is 10.9. The van der Waals surface area contributed by atoms with Crippen LogP contribution in [0.2, 0.25) is 0 Å². The molecule has 5 nitrogen and oxygen atoms in total. The summed E-state index contributed by atoms with van der Waals surface area (Å²) in [4.78, 5) is 10.9. The number of carbonyl (C=O) groups is 1. The molecule has 2 unspecified atom stereocenters. The van der Waals surface area contributed by atoms with E-state index in [1.54, 1.807) is 12.1 Å². The molecule has 18 heavy (non-hydrogen) atoms. The first-order valence-electron chi connectivity index (χ1n) is 6.25. The number of hydrogen-bond donors (Lipinski definition) is 1. The Kier molecular flexibility index (Phi) is 2.54. The predicted octanol–water partition coefficient (Wildman–Crippen LogP) is 2.49. The summed E-state index contributed by atoms with van der Waals surface area (Å²) >= 11 is 0. The minimum absolute atomic E-state index is 0.258. The van der Waals surface area contributed by atoms with Crippen molar-refractivity contribution in [1.82, 2.24) is 15.0 Å². The monoisotopic (exact) mass is 245 g/mol. The largest absolute Gasteiger partial charge is 0.478 e. The second-order valence-electron chi connectivity index (χ2n) is 5.02. The van der Waals surface area contributed by atoms with Gasteiger partial charge in [-0.15, -0.1) is 5.10 Å². The van der Waals surface area contributed by atoms with Crippen LogP contribution < -0.4 is 0 Å². The predicted molar refractivity (Wildman–Crippen MR) is 66.5 cm³/mol. The fourth-order valence-electron chi connectivity index (χ4n) is 2.81. The molecule has 1 aromatic carbocycles. The van der Waals surface area contributed by atoms with Crippen molar-refractivity contribution in [3.05, 3.63) is 23.8 Å². The third kappa shape index (κ3) is 1.66. The number of carboxylic acid groups (broad SMARTS) is 1. The first kappa shape index (κ1) is 11.2. The van der Waals surface area contributed by atoms with E-state index in [2.05, 4.69) is 17.2 Å². The van der Waals surface area contributed by atoms with Crippen molar-refractivity contribution < 1.29 is 9.90 Å². The second-order valence-corrected chi connectivity index (χ2v) is 5.02. The van der Waals surface area contributed by atoms with Gasteiger partial charge in [-0.25, -0.2) is 9.48 Å². The molecule has 2 aromatic rings. The van der Waals surface area contributed by atoms with Gasteiger partial charge in [0.1, 0.15) is 5.52 Å². The molecule has 0 aliphatic heterocycles. The van der Waals surface area contributed by atoms with Crippen molar-refractivity contribution in [1.29, 1.82) is 0 Å². The van der Waals surface area contributed by atoms with Crippen LogP contribution in [0.1, 0.15) is 42.6 Å². The maximum atomic E-state index is 10.9. The lowest BCUT2D eigenvalue weighted by Gasteiger charge is -2.15. The van der Waals surface area contributed by atoms with Gasteiger partial charge in [0.05, 0.1) is 17.1 Å². The molecular formula is C13H15N3O2. The fourth-order valence-corrected chi connectivity index (χ4v) is 2.81. The summed E-state index contributed by atoms with van der Waals surface area (Å²) in [7, 11) is 0. The van der Waals surface area contributed by atoms with E-state index in [9.17, 15) is 4.79 Å². The molecule has 3 rings (SSSR count). The quantitative estimate of drug-likeness (QED) is 0.882. The minimum atomic E-state index is -0.930.